The summed E-state index contributed by atoms with van der Waals surface area (Å²) in [7, 11) is 0. The van der Waals surface area contributed by atoms with Gasteiger partial charge in [0.1, 0.15) is 5.82 Å². The van der Waals surface area contributed by atoms with Crippen LogP contribution >= 0.6 is 0 Å². The molecule has 2 aromatic rings. The first-order valence-corrected chi connectivity index (χ1v) is 7.66. The average Bonchev–Trinajstić information content (AvgIpc) is 3.30. The molecule has 1 saturated carbocycles. The Balaban J connectivity index is 1.56. The SMILES string of the molecule is O=C(c1ccc(F)cc1)N(Cc1ccc2c(c1)OCO2)C1CC1. The number of hydrogen-bond donors (Lipinski definition) is 0. The Morgan fingerprint density at radius 2 is 1.83 bits per heavy atom. The number of halogens is 1. The summed E-state index contributed by atoms with van der Waals surface area (Å²) in [6, 6.07) is 11.7. The van der Waals surface area contributed by atoms with Crippen molar-refractivity contribution in [2.45, 2.75) is 25.4 Å². The van der Waals surface area contributed by atoms with Crippen LogP contribution in [0.1, 0.15) is 28.8 Å². The molecular formula is C18H16FNO3. The maximum atomic E-state index is 13.0. The number of amides is 1. The molecular weight excluding hydrogens is 297 g/mol. The number of fused-ring (bicyclic) bond motifs is 1. The van der Waals surface area contributed by atoms with Crippen LogP contribution in [0.3, 0.4) is 0 Å². The number of benzene rings is 2. The molecule has 4 nitrogen and oxygen atoms in total. The van der Waals surface area contributed by atoms with Gasteiger partial charge >= 0.3 is 0 Å². The van der Waals surface area contributed by atoms with Crippen molar-refractivity contribution in [2.24, 2.45) is 0 Å². The molecule has 0 N–H and O–H groups in total. The molecule has 1 amide bonds. The van der Waals surface area contributed by atoms with E-state index >= 15 is 0 Å². The first-order valence-electron chi connectivity index (χ1n) is 7.66. The molecule has 118 valence electrons. The highest BCUT2D eigenvalue weighted by molar-refractivity contribution is 5.94. The molecule has 5 heteroatoms. The van der Waals surface area contributed by atoms with Crippen molar-refractivity contribution in [3.05, 3.63) is 59.4 Å². The molecule has 23 heavy (non-hydrogen) atoms. The lowest BCUT2D eigenvalue weighted by Gasteiger charge is -2.23. The number of hydrogen-bond acceptors (Lipinski definition) is 3. The van der Waals surface area contributed by atoms with E-state index in [9.17, 15) is 9.18 Å². The zero-order valence-electron chi connectivity index (χ0n) is 12.5. The second-order valence-corrected chi connectivity index (χ2v) is 5.86. The minimum Gasteiger partial charge on any atom is -0.454 e. The number of carbonyl (C=O) groups excluding carboxylic acids is 1. The number of nitrogens with zero attached hydrogens (tertiary/aromatic N) is 1. The van der Waals surface area contributed by atoms with Crippen LogP contribution in [0, 0.1) is 5.82 Å². The van der Waals surface area contributed by atoms with Gasteiger partial charge in [0, 0.05) is 18.2 Å². The van der Waals surface area contributed by atoms with Gasteiger partial charge in [-0.1, -0.05) is 6.07 Å². The summed E-state index contributed by atoms with van der Waals surface area (Å²) >= 11 is 0. The molecule has 4 rings (SSSR count). The first kappa shape index (κ1) is 14.1. The van der Waals surface area contributed by atoms with Gasteiger partial charge in [-0.15, -0.1) is 0 Å². The maximum Gasteiger partial charge on any atom is 0.254 e. The van der Waals surface area contributed by atoms with Crippen molar-refractivity contribution in [2.75, 3.05) is 6.79 Å². The van der Waals surface area contributed by atoms with Crippen LogP contribution in [0.15, 0.2) is 42.5 Å². The zero-order chi connectivity index (χ0) is 15.8. The molecule has 1 aliphatic heterocycles. The summed E-state index contributed by atoms with van der Waals surface area (Å²) < 4.78 is 23.7. The van der Waals surface area contributed by atoms with Gasteiger partial charge in [-0.3, -0.25) is 4.79 Å². The van der Waals surface area contributed by atoms with Crippen molar-refractivity contribution >= 4 is 5.91 Å². The Bertz CT molecular complexity index is 740. The van der Waals surface area contributed by atoms with Gasteiger partial charge in [0.2, 0.25) is 6.79 Å². The van der Waals surface area contributed by atoms with Crippen molar-refractivity contribution in [1.29, 1.82) is 0 Å². The fraction of sp³-hybridized carbons (Fsp3) is 0.278. The van der Waals surface area contributed by atoms with Gasteiger partial charge in [0.25, 0.3) is 5.91 Å². The minimum absolute atomic E-state index is 0.0647. The van der Waals surface area contributed by atoms with Crippen molar-refractivity contribution in [1.82, 2.24) is 4.90 Å². The summed E-state index contributed by atoms with van der Waals surface area (Å²) in [5.41, 5.74) is 1.51. The van der Waals surface area contributed by atoms with Crippen LogP contribution in [0.4, 0.5) is 4.39 Å². The van der Waals surface area contributed by atoms with E-state index in [-0.39, 0.29) is 24.6 Å². The lowest BCUT2D eigenvalue weighted by atomic mass is 10.1. The Morgan fingerprint density at radius 1 is 1.09 bits per heavy atom. The summed E-state index contributed by atoms with van der Waals surface area (Å²) in [4.78, 5) is 14.6. The summed E-state index contributed by atoms with van der Waals surface area (Å²) in [5, 5.41) is 0. The highest BCUT2D eigenvalue weighted by atomic mass is 19.1. The Labute approximate surface area is 133 Å². The molecule has 0 aromatic heterocycles. The van der Waals surface area contributed by atoms with Gasteiger partial charge in [0.15, 0.2) is 11.5 Å². The van der Waals surface area contributed by atoms with Crippen molar-refractivity contribution < 1.29 is 18.7 Å². The van der Waals surface area contributed by atoms with Crippen LogP contribution in [0.25, 0.3) is 0 Å². The van der Waals surface area contributed by atoms with Gasteiger partial charge in [-0.05, 0) is 54.8 Å². The highest BCUT2D eigenvalue weighted by Gasteiger charge is 2.33. The van der Waals surface area contributed by atoms with E-state index < -0.39 is 0 Å². The largest absolute Gasteiger partial charge is 0.454 e. The average molecular weight is 313 g/mol. The van der Waals surface area contributed by atoms with Crippen LogP contribution < -0.4 is 9.47 Å². The van der Waals surface area contributed by atoms with Gasteiger partial charge < -0.3 is 14.4 Å². The Kier molecular flexibility index (Phi) is 3.41. The summed E-state index contributed by atoms with van der Waals surface area (Å²) in [6.07, 6.45) is 2.02. The molecule has 0 radical (unpaired) electrons. The van der Waals surface area contributed by atoms with E-state index in [0.29, 0.717) is 17.9 Å². The molecule has 1 aliphatic carbocycles. The Morgan fingerprint density at radius 3 is 2.57 bits per heavy atom. The smallest absolute Gasteiger partial charge is 0.254 e. The van der Waals surface area contributed by atoms with Crippen LogP contribution in [0.5, 0.6) is 11.5 Å². The molecule has 0 spiro atoms. The third-order valence-electron chi connectivity index (χ3n) is 4.13. The standard InChI is InChI=1S/C18H16FNO3/c19-14-4-2-13(3-5-14)18(21)20(15-6-7-15)10-12-1-8-16-17(9-12)23-11-22-16/h1-5,8-9,15H,6-7,10-11H2. The van der Waals surface area contributed by atoms with Crippen molar-refractivity contribution in [3.8, 4) is 11.5 Å². The maximum absolute atomic E-state index is 13.0. The Hall–Kier alpha value is -2.56. The van der Waals surface area contributed by atoms with E-state index in [4.69, 9.17) is 9.47 Å². The lowest BCUT2D eigenvalue weighted by Crippen LogP contribution is -2.32. The second kappa shape index (κ2) is 5.57. The van der Waals surface area contributed by atoms with Crippen molar-refractivity contribution in [3.63, 3.8) is 0 Å². The minimum atomic E-state index is -0.338. The first-order chi connectivity index (χ1) is 11.2. The van der Waals surface area contributed by atoms with E-state index in [1.165, 1.54) is 24.3 Å². The topological polar surface area (TPSA) is 38.8 Å². The zero-order valence-corrected chi connectivity index (χ0v) is 12.5. The quantitative estimate of drug-likeness (QED) is 0.869. The molecule has 0 saturated heterocycles. The highest BCUT2D eigenvalue weighted by Crippen LogP contribution is 2.35. The molecule has 1 heterocycles. The fourth-order valence-electron chi connectivity index (χ4n) is 2.75. The van der Waals surface area contributed by atoms with Crippen LogP contribution in [0.2, 0.25) is 0 Å². The van der Waals surface area contributed by atoms with Gasteiger partial charge in [-0.25, -0.2) is 4.39 Å². The molecule has 2 aliphatic rings. The molecule has 1 fully saturated rings. The second-order valence-electron chi connectivity index (χ2n) is 5.86. The monoisotopic (exact) mass is 313 g/mol. The predicted molar refractivity (Wildman–Crippen MR) is 81.9 cm³/mol. The van der Waals surface area contributed by atoms with E-state index in [0.717, 1.165) is 24.2 Å². The number of rotatable bonds is 4. The van der Waals surface area contributed by atoms with E-state index in [2.05, 4.69) is 0 Å². The fourth-order valence-corrected chi connectivity index (χ4v) is 2.75. The third-order valence-corrected chi connectivity index (χ3v) is 4.13. The van der Waals surface area contributed by atoms with Crippen LogP contribution in [-0.2, 0) is 6.54 Å². The molecule has 0 atom stereocenters. The van der Waals surface area contributed by atoms with Gasteiger partial charge in [-0.2, -0.15) is 0 Å². The summed E-state index contributed by atoms with van der Waals surface area (Å²) in [5.74, 6) is 1.05. The predicted octanol–water partition coefficient (Wildman–Crippen LogP) is 3.36. The molecule has 0 unspecified atom stereocenters. The van der Waals surface area contributed by atoms with E-state index in [1.807, 2.05) is 23.1 Å². The number of carbonyl (C=O) groups is 1. The summed E-state index contributed by atoms with van der Waals surface area (Å²) in [6.45, 7) is 0.747. The normalized spacial score (nSPS) is 15.5. The molecule has 2 aromatic carbocycles. The van der Waals surface area contributed by atoms with Crippen LogP contribution in [-0.4, -0.2) is 23.6 Å². The van der Waals surface area contributed by atoms with E-state index in [1.54, 1.807) is 0 Å². The number of ether oxygens (including phenoxy) is 2. The molecule has 0 bridgehead atoms. The third kappa shape index (κ3) is 2.86. The lowest BCUT2D eigenvalue weighted by molar-refractivity contribution is 0.0729. The van der Waals surface area contributed by atoms with Gasteiger partial charge in [0.05, 0.1) is 0 Å².